The van der Waals surface area contributed by atoms with Gasteiger partial charge in [0, 0.05) is 17.6 Å². The van der Waals surface area contributed by atoms with Crippen molar-refractivity contribution in [2.24, 2.45) is 5.73 Å². The van der Waals surface area contributed by atoms with Gasteiger partial charge in [0.2, 0.25) is 0 Å². The molecule has 0 saturated carbocycles. The molecular weight excluding hydrogens is 319 g/mol. The Hall–Kier alpha value is -1.39. The molecule has 106 valence electrons. The summed E-state index contributed by atoms with van der Waals surface area (Å²) in [7, 11) is 0. The second-order valence-electron chi connectivity index (χ2n) is 4.54. The van der Waals surface area contributed by atoms with Crippen LogP contribution in [0.4, 0.5) is 10.1 Å². The number of para-hydroxylation sites is 1. The first-order valence-electron chi connectivity index (χ1n) is 6.64. The zero-order valence-corrected chi connectivity index (χ0v) is 13.0. The summed E-state index contributed by atoms with van der Waals surface area (Å²) in [6, 6.07) is 14.8. The highest BCUT2D eigenvalue weighted by molar-refractivity contribution is 9.10. The molecule has 0 amide bonds. The van der Waals surface area contributed by atoms with E-state index in [-0.39, 0.29) is 11.9 Å². The van der Waals surface area contributed by atoms with Gasteiger partial charge in [-0.1, -0.05) is 40.2 Å². The van der Waals surface area contributed by atoms with Gasteiger partial charge in [-0.25, -0.2) is 4.39 Å². The molecule has 0 spiro atoms. The monoisotopic (exact) mass is 336 g/mol. The third kappa shape index (κ3) is 3.19. The highest BCUT2D eigenvalue weighted by atomic mass is 79.9. The van der Waals surface area contributed by atoms with Gasteiger partial charge in [-0.3, -0.25) is 0 Å². The lowest BCUT2D eigenvalue weighted by Crippen LogP contribution is -2.34. The van der Waals surface area contributed by atoms with Gasteiger partial charge >= 0.3 is 0 Å². The Balaban J connectivity index is 2.38. The number of likely N-dealkylation sites (N-methyl/N-ethyl adjacent to an activating group) is 1. The maximum absolute atomic E-state index is 14.0. The molecule has 0 saturated heterocycles. The van der Waals surface area contributed by atoms with E-state index in [0.717, 1.165) is 10.0 Å². The molecule has 4 heteroatoms. The average molecular weight is 337 g/mol. The average Bonchev–Trinajstić information content (AvgIpc) is 2.47. The van der Waals surface area contributed by atoms with E-state index < -0.39 is 0 Å². The Labute approximate surface area is 127 Å². The minimum Gasteiger partial charge on any atom is -0.361 e. The summed E-state index contributed by atoms with van der Waals surface area (Å²) in [5, 5.41) is 0. The Morgan fingerprint density at radius 1 is 1.15 bits per heavy atom. The molecule has 20 heavy (non-hydrogen) atoms. The van der Waals surface area contributed by atoms with E-state index in [0.29, 0.717) is 18.8 Å². The van der Waals surface area contributed by atoms with Crippen molar-refractivity contribution in [2.45, 2.75) is 13.0 Å². The number of benzene rings is 2. The molecule has 2 nitrogen and oxygen atoms in total. The van der Waals surface area contributed by atoms with Gasteiger partial charge in [0.1, 0.15) is 5.82 Å². The van der Waals surface area contributed by atoms with Crippen molar-refractivity contribution in [1.29, 1.82) is 0 Å². The summed E-state index contributed by atoms with van der Waals surface area (Å²) >= 11 is 3.42. The molecule has 0 heterocycles. The molecule has 2 rings (SSSR count). The predicted octanol–water partition coefficient (Wildman–Crippen LogP) is 4.11. The molecule has 1 unspecified atom stereocenters. The van der Waals surface area contributed by atoms with Gasteiger partial charge in [0.15, 0.2) is 0 Å². The van der Waals surface area contributed by atoms with Crippen LogP contribution in [0, 0.1) is 5.82 Å². The van der Waals surface area contributed by atoms with Gasteiger partial charge in [-0.2, -0.15) is 0 Å². The fourth-order valence-corrected chi connectivity index (χ4v) is 2.64. The number of anilines is 1. The molecule has 2 aromatic rings. The van der Waals surface area contributed by atoms with E-state index in [9.17, 15) is 4.39 Å². The summed E-state index contributed by atoms with van der Waals surface area (Å²) < 4.78 is 15.0. The van der Waals surface area contributed by atoms with Gasteiger partial charge in [0.25, 0.3) is 0 Å². The normalized spacial score (nSPS) is 12.2. The maximum Gasteiger partial charge on any atom is 0.146 e. The molecule has 0 aromatic heterocycles. The lowest BCUT2D eigenvalue weighted by atomic mass is 10.0. The summed E-state index contributed by atoms with van der Waals surface area (Å²) in [6.07, 6.45) is 0. The number of halogens is 2. The SMILES string of the molecule is CCN(c1ccccc1F)C(CN)c1ccc(Br)cc1. The minimum absolute atomic E-state index is 0.0370. The fourth-order valence-electron chi connectivity index (χ4n) is 2.37. The summed E-state index contributed by atoms with van der Waals surface area (Å²) in [4.78, 5) is 2.00. The minimum atomic E-state index is -0.218. The van der Waals surface area contributed by atoms with E-state index in [1.165, 1.54) is 6.07 Å². The smallest absolute Gasteiger partial charge is 0.146 e. The third-order valence-corrected chi connectivity index (χ3v) is 3.89. The lowest BCUT2D eigenvalue weighted by Gasteiger charge is -2.32. The summed E-state index contributed by atoms with van der Waals surface area (Å²) in [5.74, 6) is -0.218. The molecule has 2 aromatic carbocycles. The molecule has 0 aliphatic carbocycles. The van der Waals surface area contributed by atoms with Crippen molar-refractivity contribution in [2.75, 3.05) is 18.0 Å². The van der Waals surface area contributed by atoms with Crippen molar-refractivity contribution >= 4 is 21.6 Å². The Kier molecular flexibility index (Phi) is 5.15. The van der Waals surface area contributed by atoms with Gasteiger partial charge in [-0.15, -0.1) is 0 Å². The van der Waals surface area contributed by atoms with Crippen LogP contribution in [-0.4, -0.2) is 13.1 Å². The molecule has 0 fully saturated rings. The second-order valence-corrected chi connectivity index (χ2v) is 5.46. The number of nitrogens with zero attached hydrogens (tertiary/aromatic N) is 1. The van der Waals surface area contributed by atoms with Crippen LogP contribution < -0.4 is 10.6 Å². The molecule has 0 radical (unpaired) electrons. The molecule has 1 atom stereocenters. The largest absolute Gasteiger partial charge is 0.361 e. The molecular formula is C16H18BrFN2. The fraction of sp³-hybridized carbons (Fsp3) is 0.250. The predicted molar refractivity (Wildman–Crippen MR) is 85.4 cm³/mol. The first kappa shape index (κ1) is 15.0. The highest BCUT2D eigenvalue weighted by Gasteiger charge is 2.20. The van der Waals surface area contributed by atoms with Crippen LogP contribution in [0.2, 0.25) is 0 Å². The van der Waals surface area contributed by atoms with Crippen LogP contribution in [-0.2, 0) is 0 Å². The van der Waals surface area contributed by atoms with E-state index in [2.05, 4.69) is 15.9 Å². The first-order chi connectivity index (χ1) is 9.67. The van der Waals surface area contributed by atoms with Crippen LogP contribution in [0.15, 0.2) is 53.0 Å². The summed E-state index contributed by atoms with van der Waals surface area (Å²) in [6.45, 7) is 3.14. The van der Waals surface area contributed by atoms with E-state index in [1.807, 2.05) is 42.2 Å². The van der Waals surface area contributed by atoms with Gasteiger partial charge in [-0.05, 0) is 36.8 Å². The van der Waals surface area contributed by atoms with E-state index >= 15 is 0 Å². The van der Waals surface area contributed by atoms with Crippen molar-refractivity contribution in [1.82, 2.24) is 0 Å². The standard InChI is InChI=1S/C16H18BrFN2/c1-2-20(15-6-4-3-5-14(15)18)16(11-19)12-7-9-13(17)10-8-12/h3-10,16H,2,11,19H2,1H3. The molecule has 0 aliphatic heterocycles. The Morgan fingerprint density at radius 3 is 2.35 bits per heavy atom. The molecule has 2 N–H and O–H groups in total. The van der Waals surface area contributed by atoms with Crippen molar-refractivity contribution in [3.63, 3.8) is 0 Å². The summed E-state index contributed by atoms with van der Waals surface area (Å²) in [5.41, 5.74) is 7.61. The number of nitrogens with two attached hydrogens (primary N) is 1. The van der Waals surface area contributed by atoms with E-state index in [1.54, 1.807) is 12.1 Å². The van der Waals surface area contributed by atoms with Crippen LogP contribution in [0.3, 0.4) is 0 Å². The highest BCUT2D eigenvalue weighted by Crippen LogP contribution is 2.29. The van der Waals surface area contributed by atoms with Gasteiger partial charge < -0.3 is 10.6 Å². The first-order valence-corrected chi connectivity index (χ1v) is 7.43. The molecule has 0 bridgehead atoms. The Bertz CT molecular complexity index is 557. The van der Waals surface area contributed by atoms with Gasteiger partial charge in [0.05, 0.1) is 11.7 Å². The number of hydrogen-bond acceptors (Lipinski definition) is 2. The van der Waals surface area contributed by atoms with Crippen molar-refractivity contribution < 1.29 is 4.39 Å². The second kappa shape index (κ2) is 6.86. The van der Waals surface area contributed by atoms with Crippen molar-refractivity contribution in [3.8, 4) is 0 Å². The maximum atomic E-state index is 14.0. The zero-order valence-electron chi connectivity index (χ0n) is 11.4. The topological polar surface area (TPSA) is 29.3 Å². The quantitative estimate of drug-likeness (QED) is 0.889. The molecule has 0 aliphatic rings. The van der Waals surface area contributed by atoms with Crippen molar-refractivity contribution in [3.05, 3.63) is 64.4 Å². The van der Waals surface area contributed by atoms with Crippen LogP contribution in [0.25, 0.3) is 0 Å². The lowest BCUT2D eigenvalue weighted by molar-refractivity contribution is 0.588. The van der Waals surface area contributed by atoms with Crippen LogP contribution >= 0.6 is 15.9 Å². The number of rotatable bonds is 5. The zero-order chi connectivity index (χ0) is 14.5. The van der Waals surface area contributed by atoms with E-state index in [4.69, 9.17) is 5.73 Å². The van der Waals surface area contributed by atoms with Crippen LogP contribution in [0.5, 0.6) is 0 Å². The Morgan fingerprint density at radius 2 is 1.80 bits per heavy atom. The van der Waals surface area contributed by atoms with Crippen LogP contribution in [0.1, 0.15) is 18.5 Å². The number of hydrogen-bond donors (Lipinski definition) is 1. The third-order valence-electron chi connectivity index (χ3n) is 3.36.